The Morgan fingerprint density at radius 3 is 0.509 bits per heavy atom. The maximum atomic E-state index is 4.52. The van der Waals surface area contributed by atoms with Gasteiger partial charge in [-0.3, -0.25) is 9.97 Å². The van der Waals surface area contributed by atoms with E-state index in [1.807, 2.05) is 12.4 Å². The van der Waals surface area contributed by atoms with Gasteiger partial charge in [0.05, 0.1) is 0 Å². The quantitative estimate of drug-likeness (QED) is 0.210. The smallest absolute Gasteiger partial charge is 0.0457 e. The molecule has 3 aromatic rings. The van der Waals surface area contributed by atoms with Crippen molar-refractivity contribution < 1.29 is 0 Å². The second-order valence-corrected chi connectivity index (χ2v) is 17.9. The number of hydrogen-bond donors (Lipinski definition) is 0. The molecule has 0 atom stereocenters. The number of hydrogen-bond acceptors (Lipinski definition) is 2. The summed E-state index contributed by atoms with van der Waals surface area (Å²) in [4.78, 5) is 9.03. The molecule has 0 N–H and O–H groups in total. The zero-order valence-corrected chi connectivity index (χ0v) is 101. The molecular weight excluding hydrogens is 2980 g/mol. The Morgan fingerprint density at radius 2 is 0.404 bits per heavy atom. The van der Waals surface area contributed by atoms with Gasteiger partial charge in [-0.2, -0.15) is 0 Å². The number of rotatable bonds is 0. The van der Waals surface area contributed by atoms with Gasteiger partial charge in [0.2, 0.25) is 0 Å². The molecule has 0 aliphatic rings. The fourth-order valence-electron chi connectivity index (χ4n) is 4.03. The summed E-state index contributed by atoms with van der Waals surface area (Å²) < 4.78 is 0. The molecule has 0 saturated heterocycles. The van der Waals surface area contributed by atoms with Crippen molar-refractivity contribution in [3.05, 3.63) is 139 Å². The summed E-state index contributed by atoms with van der Waals surface area (Å²) in [6.45, 7) is 39.9. The first-order valence-electron chi connectivity index (χ1n) is 15.7. The fourth-order valence-corrected chi connectivity index (χ4v) is 4.03. The molecule has 3 rings (SSSR count). The molecule has 0 fully saturated rings. The molecule has 0 saturated carbocycles. The second kappa shape index (κ2) is 28.4. The van der Waals surface area contributed by atoms with E-state index < -0.39 is 0 Å². The number of pyridine rings is 2. The van der Waals surface area contributed by atoms with Crippen molar-refractivity contribution >= 4 is 0 Å². The molecule has 1 aromatic carbocycles. The summed E-state index contributed by atoms with van der Waals surface area (Å²) in [5.41, 5.74) is 8.94. The van der Waals surface area contributed by atoms with Crippen LogP contribution in [-0.2, 0) is 32.5 Å². The summed E-state index contributed by atoms with van der Waals surface area (Å²) in [7, 11) is 0. The Labute approximate surface area is 305 Å². The van der Waals surface area contributed by atoms with Crippen molar-refractivity contribution in [3.63, 3.8) is 0 Å². The number of benzene rings is 1. The molecule has 2 heterocycles. The van der Waals surface area contributed by atoms with Crippen molar-refractivity contribution in [2.75, 3.05) is 0 Å². The molecule has 0 unspecified atom stereocenters. The average Bonchev–Trinajstić information content (AvgIpc) is 2.82. The molecular formula is C46H82N2Rf9-6. The monoisotopic (exact) mass is 3070 g/mol. The summed E-state index contributed by atoms with van der Waals surface area (Å²) >= 11 is 0. The normalized spacial score (nSPS) is 9.58. The molecule has 2 aromatic heterocycles. The molecule has 57 heavy (non-hydrogen) atoms. The van der Waals surface area contributed by atoms with E-state index in [4.69, 9.17) is 0 Å². The van der Waals surface area contributed by atoms with Crippen LogP contribution in [0.25, 0.3) is 0 Å². The zero-order valence-electron chi connectivity index (χ0n) is 43.0. The Bertz CT molecular complexity index is 980. The van der Waals surface area contributed by atoms with Crippen molar-refractivity contribution in [1.82, 2.24) is 9.97 Å². The van der Waals surface area contributed by atoms with E-state index in [-0.39, 0.29) is 77.0 Å². The molecule has 300 valence electrons. The van der Waals surface area contributed by atoms with Gasteiger partial charge in [-0.25, -0.2) is 0 Å². The Morgan fingerprint density at radius 1 is 0.246 bits per heavy atom. The summed E-state index contributed by atoms with van der Waals surface area (Å²) in [5, 5.41) is 0. The molecule has 0 bridgehead atoms. The molecule has 0 radical (unpaired) electrons. The summed E-state index contributed by atoms with van der Waals surface area (Å²) in [6, 6.07) is 17.7. The van der Waals surface area contributed by atoms with Gasteiger partial charge in [-0.1, -0.05) is 161 Å². The van der Waals surface area contributed by atoms with Gasteiger partial charge in [0, 0.05) is 34.6 Å². The Kier molecular flexibility index (Phi) is 48.2. The van der Waals surface area contributed by atoms with Crippen LogP contribution in [-0.4, -0.2) is 9.97 Å². The maximum Gasteiger partial charge on any atom is 0.0457 e. The topological polar surface area (TPSA) is 25.8 Å². The third kappa shape index (κ3) is 27.1. The average molecular weight is 3070 g/mol. The Hall–Kier alpha value is -11.5. The molecule has 0 amide bonds. The van der Waals surface area contributed by atoms with Crippen LogP contribution in [0.2, 0.25) is 0 Å². The van der Waals surface area contributed by atoms with Crippen LogP contribution < -0.4 is 0 Å². The van der Waals surface area contributed by atoms with Crippen molar-refractivity contribution in [3.8, 4) is 0 Å². The van der Waals surface area contributed by atoms with Crippen molar-refractivity contribution in [2.45, 2.75) is 157 Å². The first-order valence-corrected chi connectivity index (χ1v) is 15.7. The zero-order chi connectivity index (χ0) is 32.9. The van der Waals surface area contributed by atoms with E-state index in [0.29, 0.717) is 0 Å². The first-order chi connectivity index (χ1) is 18.6. The summed E-state index contributed by atoms with van der Waals surface area (Å²) in [6.07, 6.45) is 4.00. The van der Waals surface area contributed by atoms with Crippen LogP contribution in [0.3, 0.4) is 0 Å². The molecule has 2 nitrogen and oxygen atoms in total. The van der Waals surface area contributed by atoms with E-state index in [2.05, 4.69) is 183 Å². The van der Waals surface area contributed by atoms with E-state index in [1.54, 1.807) is 0 Å². The van der Waals surface area contributed by atoms with Gasteiger partial charge >= 0.3 is 0 Å². The third-order valence-electron chi connectivity index (χ3n) is 7.41. The molecule has 0 aliphatic heterocycles. The van der Waals surface area contributed by atoms with E-state index in [0.717, 1.165) is 11.4 Å². The molecule has 0 spiro atoms. The first kappa shape index (κ1) is 96.9. The Balaban J connectivity index is -0.0000000316. The van der Waals surface area contributed by atoms with Crippen LogP contribution in [0.5, 0.6) is 0 Å². The van der Waals surface area contributed by atoms with Gasteiger partial charge in [0.15, 0.2) is 0 Å². The SMILES string of the molecule is CC(C)(C)c1ccc(C(C)(C)C)cc1.CC(C)(C)c1ccc(C(C)(C)C)nc1.CC(C)(C)c1ccc(C(C)(C)C)nc1.[CH3-].[CH3-].[CH3-].[CH3-].[CH3-].[CH3-].[Rf].[Rf].[Rf].[Rf].[Rf].[Rf].[Rf].[Rf].[Rf]. The molecule has 0 aliphatic carbocycles. The van der Waals surface area contributed by atoms with E-state index in [1.165, 1.54) is 22.3 Å². The summed E-state index contributed by atoms with van der Waals surface area (Å²) in [5.74, 6) is 0. The minimum atomic E-state index is 0. The standard InChI is InChI=1S/C14H22.2C13H21N.6CH3.9Rf/c1-13(2,3)11-7-9-12(10-8-11)14(4,5)6;2*1-12(2,3)10-7-8-11(14-9-10)13(4,5)6;;;;;;;;;;;;;;;/h7-10H,1-6H3;2*7-9H,1-6H3;6*1H3;;;;;;;;;/q;;;6*-1;;;;;;;;;. The largest absolute Gasteiger partial charge is 0.358 e. The predicted octanol–water partition coefficient (Wildman–Crippen LogP) is 14.3. The van der Waals surface area contributed by atoms with Gasteiger partial charge in [0.1, 0.15) is 0 Å². The van der Waals surface area contributed by atoms with Crippen LogP contribution in [0.15, 0.2) is 60.9 Å². The van der Waals surface area contributed by atoms with Gasteiger partial charge in [-0.15, -0.1) is 0 Å². The van der Waals surface area contributed by atoms with E-state index >= 15 is 0 Å². The maximum absolute atomic E-state index is 4.52. The molecule has 11 heteroatoms. The van der Waals surface area contributed by atoms with Gasteiger partial charge in [-0.05, 0) is 56.0 Å². The van der Waals surface area contributed by atoms with Crippen molar-refractivity contribution in [2.24, 2.45) is 0 Å². The fraction of sp³-hybridized carbons (Fsp3) is 0.522. The number of aromatic nitrogens is 2. The minimum Gasteiger partial charge on any atom is -0.358 e. The van der Waals surface area contributed by atoms with Crippen LogP contribution >= 0.6 is 0 Å². The van der Waals surface area contributed by atoms with Crippen LogP contribution in [0, 0.1) is 44.6 Å². The van der Waals surface area contributed by atoms with Crippen LogP contribution in [0.1, 0.15) is 158 Å². The number of nitrogens with zero attached hydrogens (tertiary/aromatic N) is 2. The van der Waals surface area contributed by atoms with E-state index in [9.17, 15) is 0 Å². The third-order valence-corrected chi connectivity index (χ3v) is 7.41. The van der Waals surface area contributed by atoms with Crippen LogP contribution in [0.4, 0.5) is 0 Å². The van der Waals surface area contributed by atoms with Gasteiger partial charge in [0.25, 0.3) is 0 Å². The minimum absolute atomic E-state index is 0. The van der Waals surface area contributed by atoms with Gasteiger partial charge < -0.3 is 44.6 Å². The predicted molar refractivity (Wildman–Crippen MR) is 226 cm³/mol. The second-order valence-electron chi connectivity index (χ2n) is 17.9. The van der Waals surface area contributed by atoms with Crippen molar-refractivity contribution in [1.29, 1.82) is 0 Å².